The van der Waals surface area contributed by atoms with Gasteiger partial charge in [0, 0.05) is 5.92 Å². The maximum Gasteiger partial charge on any atom is 0.111 e. The second-order valence-corrected chi connectivity index (χ2v) is 4.32. The van der Waals surface area contributed by atoms with E-state index in [9.17, 15) is 0 Å². The standard InChI is InChI=1S/C9H14N2O/c1-5-7(9(5,3)4)8-6(2)10-12-11-8/h5,7H,1-4H3. The molecule has 0 saturated heterocycles. The lowest BCUT2D eigenvalue weighted by Gasteiger charge is -1.97. The Kier molecular flexibility index (Phi) is 1.35. The van der Waals surface area contributed by atoms with E-state index >= 15 is 0 Å². The maximum atomic E-state index is 4.69. The monoisotopic (exact) mass is 166 g/mol. The number of rotatable bonds is 1. The van der Waals surface area contributed by atoms with Crippen LogP contribution in [0.1, 0.15) is 38.1 Å². The smallest absolute Gasteiger partial charge is 0.111 e. The summed E-state index contributed by atoms with van der Waals surface area (Å²) in [7, 11) is 0. The molecule has 0 N–H and O–H groups in total. The summed E-state index contributed by atoms with van der Waals surface area (Å²) < 4.78 is 4.69. The van der Waals surface area contributed by atoms with Gasteiger partial charge in [0.25, 0.3) is 0 Å². The SMILES string of the molecule is Cc1nonc1C1C(C)C1(C)C. The average molecular weight is 166 g/mol. The number of hydrogen-bond donors (Lipinski definition) is 0. The van der Waals surface area contributed by atoms with Crippen molar-refractivity contribution < 1.29 is 4.63 Å². The van der Waals surface area contributed by atoms with Crippen LogP contribution in [0, 0.1) is 18.3 Å². The summed E-state index contributed by atoms with van der Waals surface area (Å²) in [6.07, 6.45) is 0. The molecule has 0 aliphatic heterocycles. The molecule has 1 fully saturated rings. The van der Waals surface area contributed by atoms with Crippen molar-refractivity contribution in [1.82, 2.24) is 10.3 Å². The number of hydrogen-bond acceptors (Lipinski definition) is 3. The second kappa shape index (κ2) is 2.09. The van der Waals surface area contributed by atoms with E-state index < -0.39 is 0 Å². The largest absolute Gasteiger partial charge is 0.244 e. The lowest BCUT2D eigenvalue weighted by Crippen LogP contribution is -1.91. The van der Waals surface area contributed by atoms with Crippen LogP contribution in [0.4, 0.5) is 0 Å². The Morgan fingerprint density at radius 2 is 1.92 bits per heavy atom. The molecule has 1 aromatic heterocycles. The zero-order chi connectivity index (χ0) is 8.93. The van der Waals surface area contributed by atoms with Crippen LogP contribution < -0.4 is 0 Å². The van der Waals surface area contributed by atoms with Crippen LogP contribution in [0.15, 0.2) is 4.63 Å². The first-order valence-electron chi connectivity index (χ1n) is 4.34. The van der Waals surface area contributed by atoms with E-state index in [4.69, 9.17) is 0 Å². The molecule has 1 aliphatic carbocycles. The normalized spacial score (nSPS) is 32.0. The van der Waals surface area contributed by atoms with E-state index in [1.54, 1.807) is 0 Å². The topological polar surface area (TPSA) is 38.9 Å². The highest BCUT2D eigenvalue weighted by molar-refractivity contribution is 5.26. The fourth-order valence-corrected chi connectivity index (χ4v) is 2.00. The predicted molar refractivity (Wildman–Crippen MR) is 44.7 cm³/mol. The molecule has 66 valence electrons. The molecule has 1 aromatic rings. The Labute approximate surface area is 72.1 Å². The van der Waals surface area contributed by atoms with Crippen LogP contribution in [0.5, 0.6) is 0 Å². The summed E-state index contributed by atoms with van der Waals surface area (Å²) in [5.41, 5.74) is 2.37. The predicted octanol–water partition coefficient (Wildman–Crippen LogP) is 2.14. The Bertz CT molecular complexity index is 303. The number of aryl methyl sites for hydroxylation is 1. The van der Waals surface area contributed by atoms with E-state index in [1.807, 2.05) is 6.92 Å². The van der Waals surface area contributed by atoms with Crippen molar-refractivity contribution in [2.24, 2.45) is 11.3 Å². The first kappa shape index (κ1) is 7.77. The third kappa shape index (κ3) is 0.822. The summed E-state index contributed by atoms with van der Waals surface area (Å²) >= 11 is 0. The van der Waals surface area contributed by atoms with Crippen molar-refractivity contribution in [3.05, 3.63) is 11.4 Å². The van der Waals surface area contributed by atoms with E-state index in [0.717, 1.165) is 11.4 Å². The molecule has 0 amide bonds. The molecular weight excluding hydrogens is 152 g/mol. The molecule has 12 heavy (non-hydrogen) atoms. The van der Waals surface area contributed by atoms with Gasteiger partial charge in [-0.1, -0.05) is 31.1 Å². The summed E-state index contributed by atoms with van der Waals surface area (Å²) in [6.45, 7) is 8.72. The molecule has 3 heteroatoms. The van der Waals surface area contributed by atoms with Crippen molar-refractivity contribution in [2.75, 3.05) is 0 Å². The van der Waals surface area contributed by atoms with Gasteiger partial charge in [0.15, 0.2) is 0 Å². The summed E-state index contributed by atoms with van der Waals surface area (Å²) in [5, 5.41) is 7.73. The van der Waals surface area contributed by atoms with E-state index in [1.165, 1.54) is 0 Å². The van der Waals surface area contributed by atoms with E-state index in [-0.39, 0.29) is 0 Å². The fraction of sp³-hybridized carbons (Fsp3) is 0.778. The Morgan fingerprint density at radius 3 is 2.25 bits per heavy atom. The quantitative estimate of drug-likeness (QED) is 0.641. The third-order valence-electron chi connectivity index (χ3n) is 3.35. The first-order valence-corrected chi connectivity index (χ1v) is 4.34. The molecule has 0 bridgehead atoms. The molecule has 0 spiro atoms. The highest BCUT2D eigenvalue weighted by Crippen LogP contribution is 2.63. The van der Waals surface area contributed by atoms with Crippen LogP contribution >= 0.6 is 0 Å². The molecule has 2 atom stereocenters. The molecule has 1 aliphatic rings. The summed E-state index contributed by atoms with van der Waals surface area (Å²) in [4.78, 5) is 0. The molecular formula is C9H14N2O. The first-order chi connectivity index (χ1) is 5.55. The van der Waals surface area contributed by atoms with Crippen LogP contribution in [0.25, 0.3) is 0 Å². The van der Waals surface area contributed by atoms with Gasteiger partial charge in [-0.3, -0.25) is 0 Å². The van der Waals surface area contributed by atoms with Gasteiger partial charge in [-0.15, -0.1) is 0 Å². The molecule has 2 rings (SSSR count). The van der Waals surface area contributed by atoms with Gasteiger partial charge in [-0.25, -0.2) is 4.63 Å². The van der Waals surface area contributed by atoms with Gasteiger partial charge in [-0.2, -0.15) is 0 Å². The molecule has 0 radical (unpaired) electrons. The minimum absolute atomic E-state index is 0.378. The minimum atomic E-state index is 0.378. The van der Waals surface area contributed by atoms with Gasteiger partial charge in [-0.05, 0) is 18.3 Å². The summed E-state index contributed by atoms with van der Waals surface area (Å²) in [5.74, 6) is 1.24. The van der Waals surface area contributed by atoms with Gasteiger partial charge in [0.1, 0.15) is 11.4 Å². The Balaban J connectivity index is 2.30. The van der Waals surface area contributed by atoms with Gasteiger partial charge < -0.3 is 0 Å². The lowest BCUT2D eigenvalue weighted by molar-refractivity contribution is 0.300. The third-order valence-corrected chi connectivity index (χ3v) is 3.35. The Hall–Kier alpha value is -0.860. The average Bonchev–Trinajstić information content (AvgIpc) is 2.39. The van der Waals surface area contributed by atoms with Crippen molar-refractivity contribution in [1.29, 1.82) is 0 Å². The van der Waals surface area contributed by atoms with Gasteiger partial charge >= 0.3 is 0 Å². The second-order valence-electron chi connectivity index (χ2n) is 4.32. The molecule has 0 aromatic carbocycles. The summed E-state index contributed by atoms with van der Waals surface area (Å²) in [6, 6.07) is 0. The van der Waals surface area contributed by atoms with Crippen molar-refractivity contribution >= 4 is 0 Å². The van der Waals surface area contributed by atoms with Gasteiger partial charge in [0.05, 0.1) is 0 Å². The molecule has 3 nitrogen and oxygen atoms in total. The van der Waals surface area contributed by atoms with E-state index in [0.29, 0.717) is 17.3 Å². The van der Waals surface area contributed by atoms with Crippen LogP contribution in [-0.4, -0.2) is 10.3 Å². The molecule has 2 unspecified atom stereocenters. The highest BCUT2D eigenvalue weighted by Gasteiger charge is 2.57. The minimum Gasteiger partial charge on any atom is -0.244 e. The number of aromatic nitrogens is 2. The molecule has 1 saturated carbocycles. The van der Waals surface area contributed by atoms with Crippen LogP contribution in [0.2, 0.25) is 0 Å². The Morgan fingerprint density at radius 1 is 1.33 bits per heavy atom. The van der Waals surface area contributed by atoms with Crippen LogP contribution in [0.3, 0.4) is 0 Å². The number of nitrogens with zero attached hydrogens (tertiary/aromatic N) is 2. The zero-order valence-electron chi connectivity index (χ0n) is 7.96. The highest BCUT2D eigenvalue weighted by atomic mass is 16.6. The van der Waals surface area contributed by atoms with Crippen molar-refractivity contribution in [2.45, 2.75) is 33.6 Å². The lowest BCUT2D eigenvalue weighted by atomic mass is 10.1. The van der Waals surface area contributed by atoms with E-state index in [2.05, 4.69) is 35.7 Å². The van der Waals surface area contributed by atoms with Crippen LogP contribution in [-0.2, 0) is 0 Å². The maximum absolute atomic E-state index is 4.69. The zero-order valence-corrected chi connectivity index (χ0v) is 7.96. The van der Waals surface area contributed by atoms with Gasteiger partial charge in [0.2, 0.25) is 0 Å². The fourth-order valence-electron chi connectivity index (χ4n) is 2.00. The van der Waals surface area contributed by atoms with Crippen molar-refractivity contribution in [3.63, 3.8) is 0 Å². The molecule has 1 heterocycles. The van der Waals surface area contributed by atoms with Crippen molar-refractivity contribution in [3.8, 4) is 0 Å².